The summed E-state index contributed by atoms with van der Waals surface area (Å²) in [6, 6.07) is 1.93. The predicted molar refractivity (Wildman–Crippen MR) is 106 cm³/mol. The van der Waals surface area contributed by atoms with Gasteiger partial charge in [-0.25, -0.2) is 14.7 Å². The zero-order valence-electron chi connectivity index (χ0n) is 16.6. The van der Waals surface area contributed by atoms with E-state index in [1.807, 2.05) is 12.1 Å². The van der Waals surface area contributed by atoms with E-state index < -0.39 is 41.5 Å². The molecule has 1 aliphatic carbocycles. The molecule has 1 aromatic carbocycles. The molecule has 1 spiro atoms. The number of aliphatic carboxylic acids is 1. The van der Waals surface area contributed by atoms with Gasteiger partial charge in [-0.15, -0.1) is 0 Å². The third-order valence-corrected chi connectivity index (χ3v) is 6.81. The minimum absolute atomic E-state index is 0.0296. The minimum atomic E-state index is -2.61. The van der Waals surface area contributed by atoms with Crippen LogP contribution in [0.5, 0.6) is 0 Å². The van der Waals surface area contributed by atoms with Crippen molar-refractivity contribution >= 4 is 23.8 Å². The quantitative estimate of drug-likeness (QED) is 0.165. The predicted octanol–water partition coefficient (Wildman–Crippen LogP) is -5.58. The number of carboxylic acid groups (broad SMARTS) is 1. The van der Waals surface area contributed by atoms with E-state index in [4.69, 9.17) is 11.5 Å². The maximum absolute atomic E-state index is 13.1. The number of nitrogens with two attached hydrogens (primary N) is 2. The highest BCUT2D eigenvalue weighted by Gasteiger charge is 2.78. The van der Waals surface area contributed by atoms with Gasteiger partial charge < -0.3 is 20.6 Å². The SMILES string of the molecule is NC1=[NH+][C@H]2C(C(=O)O)NC(N)=[N+]3C[C@H](NC(=O)c4cccc5c4CCC5)C(O)(O)[C@]23N1. The molecule has 1 fully saturated rings. The molecule has 5 rings (SSSR count). The first-order valence-electron chi connectivity index (χ1n) is 10.1. The number of carbonyl (C=O) groups excluding carboxylic acids is 1. The standard InChI is InChI=1S/C19H23N7O5/c20-16-24-13-12(15(28)29)23-17(21)26-7-11(19(30,31)18(13,26)25-16)22-14(27)10-6-2-4-8-3-1-5-9(8)10/h2,4,6,11-13,30-31H,1,3,5,7H2,(H7,20,21,22,23,24,25,27,28,29)/p+2/t11-,12?,13-,18-/m0/s1. The molecule has 3 heterocycles. The normalized spacial score (nSPS) is 32.3. The number of hydrogen-bond acceptors (Lipinski definition) is 8. The molecule has 12 nitrogen and oxygen atoms in total. The maximum atomic E-state index is 13.1. The summed E-state index contributed by atoms with van der Waals surface area (Å²) in [4.78, 5) is 27.7. The number of rotatable bonds is 3. The highest BCUT2D eigenvalue weighted by Crippen LogP contribution is 2.37. The van der Waals surface area contributed by atoms with Crippen LogP contribution in [0.1, 0.15) is 27.9 Å². The van der Waals surface area contributed by atoms with Gasteiger partial charge in [-0.1, -0.05) is 12.1 Å². The number of carboxylic acids is 1. The fourth-order valence-electron chi connectivity index (χ4n) is 5.42. The lowest BCUT2D eigenvalue weighted by molar-refractivity contribution is -0.672. The van der Waals surface area contributed by atoms with Crippen LogP contribution in [0.15, 0.2) is 18.2 Å². The zero-order valence-corrected chi connectivity index (χ0v) is 16.6. The van der Waals surface area contributed by atoms with E-state index in [0.717, 1.165) is 30.4 Å². The van der Waals surface area contributed by atoms with Crippen LogP contribution in [0.4, 0.5) is 0 Å². The number of amides is 1. The Kier molecular flexibility index (Phi) is 3.98. The largest absolute Gasteiger partial charge is 0.479 e. The van der Waals surface area contributed by atoms with E-state index in [0.29, 0.717) is 5.56 Å². The Morgan fingerprint density at radius 3 is 2.77 bits per heavy atom. The van der Waals surface area contributed by atoms with E-state index in [1.165, 1.54) is 4.58 Å². The summed E-state index contributed by atoms with van der Waals surface area (Å²) < 4.78 is 1.39. The third kappa shape index (κ3) is 2.48. The van der Waals surface area contributed by atoms with E-state index >= 15 is 0 Å². The van der Waals surface area contributed by atoms with Gasteiger partial charge in [-0.05, 0) is 36.5 Å². The first-order valence-corrected chi connectivity index (χ1v) is 10.1. The summed E-state index contributed by atoms with van der Waals surface area (Å²) in [6.07, 6.45) is 2.65. The molecule has 11 N–H and O–H groups in total. The number of nitrogens with one attached hydrogen (secondary N) is 4. The van der Waals surface area contributed by atoms with Crippen molar-refractivity contribution < 1.29 is 34.5 Å². The number of hydrogen-bond donors (Lipinski definition) is 9. The molecule has 0 radical (unpaired) electrons. The monoisotopic (exact) mass is 431 g/mol. The number of fused-ring (bicyclic) bond motifs is 1. The first-order chi connectivity index (χ1) is 14.7. The third-order valence-electron chi connectivity index (χ3n) is 6.81. The van der Waals surface area contributed by atoms with Crippen LogP contribution in [0.2, 0.25) is 0 Å². The van der Waals surface area contributed by atoms with Crippen molar-refractivity contribution in [2.24, 2.45) is 11.5 Å². The highest BCUT2D eigenvalue weighted by molar-refractivity contribution is 5.96. The number of benzene rings is 1. The Balaban J connectivity index is 1.52. The zero-order chi connectivity index (χ0) is 22.1. The molecular formula is C19H25N7O5+2. The van der Waals surface area contributed by atoms with Crippen molar-refractivity contribution in [1.29, 1.82) is 0 Å². The van der Waals surface area contributed by atoms with E-state index in [2.05, 4.69) is 20.9 Å². The second kappa shape index (κ2) is 6.31. The van der Waals surface area contributed by atoms with Crippen LogP contribution < -0.4 is 32.4 Å². The average molecular weight is 431 g/mol. The summed E-state index contributed by atoms with van der Waals surface area (Å²) in [6.45, 7) is -0.0859. The van der Waals surface area contributed by atoms with Gasteiger partial charge in [0.05, 0.1) is 6.54 Å². The molecule has 0 saturated carbocycles. The molecule has 1 aromatic rings. The van der Waals surface area contributed by atoms with E-state index in [1.54, 1.807) is 6.07 Å². The lowest BCUT2D eigenvalue weighted by atomic mass is 9.85. The Morgan fingerprint density at radius 1 is 1.26 bits per heavy atom. The number of carbonyl (C=O) groups is 2. The van der Waals surface area contributed by atoms with Crippen molar-refractivity contribution in [2.75, 3.05) is 6.54 Å². The minimum Gasteiger partial charge on any atom is -0.479 e. The Bertz CT molecular complexity index is 1070. The lowest BCUT2D eigenvalue weighted by Gasteiger charge is -2.39. The number of aliphatic hydroxyl groups is 2. The molecule has 4 atom stereocenters. The van der Waals surface area contributed by atoms with Gasteiger partial charge in [-0.2, -0.15) is 0 Å². The van der Waals surface area contributed by atoms with Crippen molar-refractivity contribution in [3.8, 4) is 0 Å². The lowest BCUT2D eigenvalue weighted by Crippen LogP contribution is -2.92. The Labute approximate surface area is 176 Å². The van der Waals surface area contributed by atoms with Gasteiger partial charge in [0, 0.05) is 5.56 Å². The van der Waals surface area contributed by atoms with Gasteiger partial charge in [0.25, 0.3) is 17.4 Å². The Morgan fingerprint density at radius 2 is 2.03 bits per heavy atom. The van der Waals surface area contributed by atoms with Crippen LogP contribution in [0.25, 0.3) is 0 Å². The Hall–Kier alpha value is -3.38. The molecule has 1 amide bonds. The second-order valence-corrected chi connectivity index (χ2v) is 8.43. The fourth-order valence-corrected chi connectivity index (χ4v) is 5.42. The van der Waals surface area contributed by atoms with Crippen LogP contribution in [-0.2, 0) is 17.6 Å². The van der Waals surface area contributed by atoms with Gasteiger partial charge in [-0.3, -0.25) is 26.6 Å². The number of aryl methyl sites for hydroxylation is 1. The van der Waals surface area contributed by atoms with Crippen LogP contribution in [-0.4, -0.2) is 79.8 Å². The molecule has 0 bridgehead atoms. The van der Waals surface area contributed by atoms with E-state index in [9.17, 15) is 24.9 Å². The van der Waals surface area contributed by atoms with Gasteiger partial charge in [0.1, 0.15) is 6.04 Å². The smallest absolute Gasteiger partial charge is 0.347 e. The number of guanidine groups is 2. The first kappa shape index (κ1) is 19.6. The number of nitrogens with zero attached hydrogens (tertiary/aromatic N) is 1. The molecule has 1 unspecified atom stereocenters. The van der Waals surface area contributed by atoms with Crippen LogP contribution >= 0.6 is 0 Å². The summed E-state index contributed by atoms with van der Waals surface area (Å²) in [5, 5.41) is 40.3. The molecule has 0 aromatic heterocycles. The van der Waals surface area contributed by atoms with Crippen molar-refractivity contribution in [1.82, 2.24) is 16.0 Å². The molecule has 1 saturated heterocycles. The van der Waals surface area contributed by atoms with Crippen molar-refractivity contribution in [3.63, 3.8) is 0 Å². The molecule has 3 aliphatic heterocycles. The van der Waals surface area contributed by atoms with Crippen molar-refractivity contribution in [3.05, 3.63) is 34.9 Å². The topological polar surface area (TPSA) is 200 Å². The van der Waals surface area contributed by atoms with Gasteiger partial charge in [0.15, 0.2) is 6.04 Å². The fraction of sp³-hybridized carbons (Fsp3) is 0.474. The molecule has 164 valence electrons. The molecule has 4 aliphatic rings. The molecular weight excluding hydrogens is 406 g/mol. The average Bonchev–Trinajstić information content (AvgIpc) is 3.37. The van der Waals surface area contributed by atoms with Crippen molar-refractivity contribution in [2.45, 2.75) is 48.8 Å². The summed E-state index contributed by atoms with van der Waals surface area (Å²) in [7, 11) is 0. The second-order valence-electron chi connectivity index (χ2n) is 8.43. The summed E-state index contributed by atoms with van der Waals surface area (Å²) >= 11 is 0. The van der Waals surface area contributed by atoms with Gasteiger partial charge >= 0.3 is 17.9 Å². The van der Waals surface area contributed by atoms with Gasteiger partial charge in [0.2, 0.25) is 6.04 Å². The van der Waals surface area contributed by atoms with E-state index in [-0.39, 0.29) is 18.5 Å². The maximum Gasteiger partial charge on any atom is 0.347 e. The summed E-state index contributed by atoms with van der Waals surface area (Å²) in [5.41, 5.74) is 12.7. The van der Waals surface area contributed by atoms with Crippen LogP contribution in [0.3, 0.4) is 0 Å². The molecule has 31 heavy (non-hydrogen) atoms. The molecule has 12 heteroatoms. The highest BCUT2D eigenvalue weighted by atomic mass is 16.5. The summed E-state index contributed by atoms with van der Waals surface area (Å²) in [5.74, 6) is -4.40. The van der Waals surface area contributed by atoms with Crippen LogP contribution in [0, 0.1) is 0 Å².